The summed E-state index contributed by atoms with van der Waals surface area (Å²) in [6.45, 7) is 4.54. The Kier molecular flexibility index (Phi) is 7.39. The monoisotopic (exact) mass is 450 g/mol. The van der Waals surface area contributed by atoms with Crippen LogP contribution < -0.4 is 10.1 Å². The van der Waals surface area contributed by atoms with Crippen molar-refractivity contribution in [1.82, 2.24) is 9.62 Å². The number of benzene rings is 2. The highest BCUT2D eigenvalue weighted by molar-refractivity contribution is 7.89. The van der Waals surface area contributed by atoms with E-state index in [1.54, 1.807) is 0 Å². The van der Waals surface area contributed by atoms with Crippen LogP contribution in [0, 0.1) is 0 Å². The molecule has 3 rings (SSSR count). The molecule has 1 unspecified atom stereocenters. The van der Waals surface area contributed by atoms with Gasteiger partial charge < -0.3 is 10.1 Å². The van der Waals surface area contributed by atoms with Gasteiger partial charge in [-0.1, -0.05) is 23.7 Å². The number of hydrogen-bond donors (Lipinski definition) is 1. The molecule has 0 radical (unpaired) electrons. The van der Waals surface area contributed by atoms with Gasteiger partial charge in [0.15, 0.2) is 0 Å². The second-order valence-corrected chi connectivity index (χ2v) is 9.94. The molecule has 1 aliphatic heterocycles. The van der Waals surface area contributed by atoms with E-state index in [0.29, 0.717) is 23.7 Å². The number of rotatable bonds is 7. The minimum Gasteiger partial charge on any atom is -0.491 e. The topological polar surface area (TPSA) is 75.7 Å². The summed E-state index contributed by atoms with van der Waals surface area (Å²) in [6, 6.07) is 12.5. The quantitative estimate of drug-likeness (QED) is 0.692. The average molecular weight is 451 g/mol. The average Bonchev–Trinajstić information content (AvgIpc) is 2.91. The molecule has 0 saturated carbocycles. The summed E-state index contributed by atoms with van der Waals surface area (Å²) in [6.07, 6.45) is 2.13. The number of nitrogens with one attached hydrogen (secondary N) is 1. The summed E-state index contributed by atoms with van der Waals surface area (Å²) in [5.74, 6) is 0.456. The first-order valence-electron chi connectivity index (χ1n) is 10.1. The van der Waals surface area contributed by atoms with Crippen LogP contribution in [0.15, 0.2) is 53.4 Å². The van der Waals surface area contributed by atoms with E-state index >= 15 is 0 Å². The summed E-state index contributed by atoms with van der Waals surface area (Å²) in [5, 5.41) is 3.29. The maximum Gasteiger partial charge on any atom is 0.244 e. The lowest BCUT2D eigenvalue weighted by Gasteiger charge is -2.29. The molecule has 1 atom stereocenters. The van der Waals surface area contributed by atoms with E-state index in [2.05, 4.69) is 5.32 Å². The Morgan fingerprint density at radius 1 is 1.10 bits per heavy atom. The van der Waals surface area contributed by atoms with Gasteiger partial charge in [0.25, 0.3) is 0 Å². The second kappa shape index (κ2) is 9.81. The lowest BCUT2D eigenvalue weighted by molar-refractivity contribution is -0.124. The molecule has 0 aliphatic carbocycles. The maximum absolute atomic E-state index is 13.5. The van der Waals surface area contributed by atoms with Crippen molar-refractivity contribution in [3.05, 3.63) is 59.1 Å². The van der Waals surface area contributed by atoms with Gasteiger partial charge in [0.05, 0.1) is 11.0 Å². The molecule has 1 fully saturated rings. The van der Waals surface area contributed by atoms with E-state index in [0.717, 1.165) is 18.4 Å². The van der Waals surface area contributed by atoms with E-state index < -0.39 is 16.1 Å². The highest BCUT2D eigenvalue weighted by atomic mass is 35.5. The van der Waals surface area contributed by atoms with Gasteiger partial charge in [-0.05, 0) is 75.1 Å². The van der Waals surface area contributed by atoms with E-state index in [1.165, 1.54) is 28.6 Å². The Bertz CT molecular complexity index is 960. The fraction of sp³-hybridized carbons (Fsp3) is 0.409. The number of carbonyl (C=O) groups is 1. The van der Waals surface area contributed by atoms with Crippen molar-refractivity contribution in [1.29, 1.82) is 0 Å². The molecular formula is C22H27ClN2O4S. The van der Waals surface area contributed by atoms with Gasteiger partial charge in [-0.3, -0.25) is 4.79 Å². The van der Waals surface area contributed by atoms with Crippen LogP contribution in [-0.2, 0) is 21.4 Å². The lowest BCUT2D eigenvalue weighted by Crippen LogP contribution is -2.48. The van der Waals surface area contributed by atoms with Gasteiger partial charge in [0.1, 0.15) is 11.8 Å². The van der Waals surface area contributed by atoms with Crippen molar-refractivity contribution in [3.8, 4) is 5.75 Å². The van der Waals surface area contributed by atoms with Crippen LogP contribution >= 0.6 is 11.6 Å². The minimum absolute atomic E-state index is 0.0484. The summed E-state index contributed by atoms with van der Waals surface area (Å²) in [7, 11) is -3.91. The van der Waals surface area contributed by atoms with Gasteiger partial charge in [0.2, 0.25) is 15.9 Å². The van der Waals surface area contributed by atoms with Crippen LogP contribution in [0.25, 0.3) is 0 Å². The van der Waals surface area contributed by atoms with Crippen molar-refractivity contribution >= 4 is 27.5 Å². The van der Waals surface area contributed by atoms with Crippen molar-refractivity contribution in [3.63, 3.8) is 0 Å². The molecule has 0 bridgehead atoms. The molecule has 0 aromatic heterocycles. The molecule has 8 heteroatoms. The highest BCUT2D eigenvalue weighted by Crippen LogP contribution is 2.26. The molecule has 0 spiro atoms. The van der Waals surface area contributed by atoms with E-state index in [-0.39, 0.29) is 23.5 Å². The SMILES string of the molecule is CC(C)Oc1ccc(CN(C2CCCCNC2=O)S(=O)(=O)c2ccc(Cl)cc2)cc1. The third-order valence-corrected chi connectivity index (χ3v) is 7.03. The normalized spacial score (nSPS) is 17.6. The Balaban J connectivity index is 1.94. The molecule has 1 saturated heterocycles. The number of hydrogen-bond acceptors (Lipinski definition) is 4. The van der Waals surface area contributed by atoms with Crippen LogP contribution in [0.4, 0.5) is 0 Å². The van der Waals surface area contributed by atoms with Crippen LogP contribution in [0.3, 0.4) is 0 Å². The lowest BCUT2D eigenvalue weighted by atomic mass is 10.1. The first kappa shape index (κ1) is 22.6. The number of ether oxygens (including phenoxy) is 1. The van der Waals surface area contributed by atoms with Gasteiger partial charge in [-0.2, -0.15) is 4.31 Å². The van der Waals surface area contributed by atoms with Gasteiger partial charge >= 0.3 is 0 Å². The number of amides is 1. The van der Waals surface area contributed by atoms with Crippen molar-refractivity contribution < 1.29 is 17.9 Å². The Hall–Kier alpha value is -2.09. The van der Waals surface area contributed by atoms with Crippen LogP contribution in [-0.4, -0.2) is 37.3 Å². The molecular weight excluding hydrogens is 424 g/mol. The Morgan fingerprint density at radius 2 is 1.77 bits per heavy atom. The van der Waals surface area contributed by atoms with Gasteiger partial charge in [0, 0.05) is 18.1 Å². The molecule has 1 N–H and O–H groups in total. The highest BCUT2D eigenvalue weighted by Gasteiger charge is 2.36. The molecule has 1 heterocycles. The summed E-state index contributed by atoms with van der Waals surface area (Å²) >= 11 is 5.93. The van der Waals surface area contributed by atoms with Gasteiger partial charge in [-0.15, -0.1) is 0 Å². The van der Waals surface area contributed by atoms with E-state index in [9.17, 15) is 13.2 Å². The molecule has 30 heavy (non-hydrogen) atoms. The van der Waals surface area contributed by atoms with Gasteiger partial charge in [-0.25, -0.2) is 8.42 Å². The summed E-state index contributed by atoms with van der Waals surface area (Å²) < 4.78 is 34.0. The van der Waals surface area contributed by atoms with Crippen LogP contribution in [0.5, 0.6) is 5.75 Å². The van der Waals surface area contributed by atoms with E-state index in [4.69, 9.17) is 16.3 Å². The second-order valence-electron chi connectivity index (χ2n) is 7.62. The number of sulfonamides is 1. The zero-order valence-corrected chi connectivity index (χ0v) is 18.7. The minimum atomic E-state index is -3.91. The Labute approximate surface area is 183 Å². The number of nitrogens with zero attached hydrogens (tertiary/aromatic N) is 1. The Morgan fingerprint density at radius 3 is 2.40 bits per heavy atom. The smallest absolute Gasteiger partial charge is 0.244 e. The van der Waals surface area contributed by atoms with Crippen molar-refractivity contribution in [2.45, 2.75) is 56.7 Å². The molecule has 1 amide bonds. The molecule has 162 valence electrons. The molecule has 6 nitrogen and oxygen atoms in total. The summed E-state index contributed by atoms with van der Waals surface area (Å²) in [4.78, 5) is 12.8. The summed E-state index contributed by atoms with van der Waals surface area (Å²) in [5.41, 5.74) is 0.778. The predicted octanol–water partition coefficient (Wildman–Crippen LogP) is 3.99. The molecule has 2 aromatic rings. The molecule has 2 aromatic carbocycles. The number of carbonyl (C=O) groups excluding carboxylic acids is 1. The fourth-order valence-corrected chi connectivity index (χ4v) is 5.16. The van der Waals surface area contributed by atoms with Crippen LogP contribution in [0.1, 0.15) is 38.7 Å². The van der Waals surface area contributed by atoms with Crippen molar-refractivity contribution in [2.75, 3.05) is 6.54 Å². The number of halogens is 1. The first-order chi connectivity index (χ1) is 14.3. The van der Waals surface area contributed by atoms with E-state index in [1.807, 2.05) is 38.1 Å². The zero-order valence-electron chi connectivity index (χ0n) is 17.2. The third-order valence-electron chi connectivity index (χ3n) is 4.91. The van der Waals surface area contributed by atoms with Crippen LogP contribution in [0.2, 0.25) is 5.02 Å². The molecule has 1 aliphatic rings. The third kappa shape index (κ3) is 5.53. The first-order valence-corrected chi connectivity index (χ1v) is 11.9. The zero-order chi connectivity index (χ0) is 21.7. The fourth-order valence-electron chi connectivity index (χ4n) is 3.43. The standard InChI is InChI=1S/C22H27ClN2O4S/c1-16(2)29-19-10-6-17(7-11-19)15-25(21-5-3-4-14-24-22(21)26)30(27,28)20-12-8-18(23)9-13-20/h6-13,16,21H,3-5,14-15H2,1-2H3,(H,24,26). The maximum atomic E-state index is 13.5. The van der Waals surface area contributed by atoms with Crippen molar-refractivity contribution in [2.24, 2.45) is 0 Å². The largest absolute Gasteiger partial charge is 0.491 e. The predicted molar refractivity (Wildman–Crippen MR) is 117 cm³/mol.